The van der Waals surface area contributed by atoms with Gasteiger partial charge in [-0.05, 0) is 97.9 Å². The number of ether oxygens (including phenoxy) is 3. The molecule has 1 aliphatic heterocycles. The molecule has 4 rings (SSSR count). The van der Waals surface area contributed by atoms with E-state index < -0.39 is 5.91 Å². The maximum atomic E-state index is 12.6. The summed E-state index contributed by atoms with van der Waals surface area (Å²) in [6, 6.07) is 16.3. The van der Waals surface area contributed by atoms with E-state index in [1.807, 2.05) is 31.2 Å². The zero-order chi connectivity index (χ0) is 24.2. The Hall–Kier alpha value is -2.99. The summed E-state index contributed by atoms with van der Waals surface area (Å²) in [4.78, 5) is 12.6. The van der Waals surface area contributed by atoms with Gasteiger partial charge in [-0.3, -0.25) is 4.79 Å². The van der Waals surface area contributed by atoms with Crippen LogP contribution in [-0.2, 0) is 11.4 Å². The summed E-state index contributed by atoms with van der Waals surface area (Å²) >= 11 is 13.1. The normalized spacial score (nSPS) is 12.3. The number of hydrogen-bond acceptors (Lipinski definition) is 5. The van der Waals surface area contributed by atoms with Crippen LogP contribution in [0, 0.1) is 18.3 Å². The molecule has 34 heavy (non-hydrogen) atoms. The smallest absolute Gasteiger partial charge is 0.266 e. The van der Waals surface area contributed by atoms with Crippen molar-refractivity contribution in [3.63, 3.8) is 0 Å². The van der Waals surface area contributed by atoms with E-state index in [4.69, 9.17) is 25.8 Å². The number of rotatable bonds is 6. The number of benzene rings is 3. The number of halogens is 3. The van der Waals surface area contributed by atoms with Crippen LogP contribution in [0.4, 0.5) is 5.69 Å². The number of nitrogens with zero attached hydrogens (tertiary/aromatic N) is 1. The lowest BCUT2D eigenvalue weighted by Crippen LogP contribution is -2.13. The fourth-order valence-corrected chi connectivity index (χ4v) is 4.80. The number of fused-ring (bicyclic) bond motifs is 1. The van der Waals surface area contributed by atoms with E-state index in [-0.39, 0.29) is 12.4 Å². The predicted molar refractivity (Wildman–Crippen MR) is 137 cm³/mol. The van der Waals surface area contributed by atoms with Crippen LogP contribution < -0.4 is 19.5 Å². The lowest BCUT2D eigenvalue weighted by molar-refractivity contribution is -0.112. The monoisotopic (exact) mass is 602 g/mol. The quantitative estimate of drug-likeness (QED) is 0.242. The molecule has 0 bridgehead atoms. The number of hydrogen-bond donors (Lipinski definition) is 1. The van der Waals surface area contributed by atoms with Crippen LogP contribution in [0.25, 0.3) is 6.08 Å². The van der Waals surface area contributed by atoms with Gasteiger partial charge in [0, 0.05) is 10.7 Å². The zero-order valence-corrected chi connectivity index (χ0v) is 21.8. The molecule has 0 aromatic heterocycles. The second kappa shape index (κ2) is 10.5. The average molecular weight is 605 g/mol. The molecule has 3 aromatic rings. The minimum absolute atomic E-state index is 0.0514. The summed E-state index contributed by atoms with van der Waals surface area (Å²) in [6.07, 6.45) is 1.50. The van der Waals surface area contributed by atoms with Gasteiger partial charge in [0.25, 0.3) is 5.91 Å². The highest BCUT2D eigenvalue weighted by Gasteiger charge is 2.15. The fourth-order valence-electron chi connectivity index (χ4n) is 3.17. The molecule has 1 aliphatic rings. The van der Waals surface area contributed by atoms with Crippen LogP contribution >= 0.6 is 43.5 Å². The van der Waals surface area contributed by atoms with Gasteiger partial charge in [-0.2, -0.15) is 5.26 Å². The van der Waals surface area contributed by atoms with E-state index in [1.54, 1.807) is 30.3 Å². The van der Waals surface area contributed by atoms with Crippen LogP contribution in [0.1, 0.15) is 16.7 Å². The molecule has 1 N–H and O–H groups in total. The van der Waals surface area contributed by atoms with Gasteiger partial charge in [0.1, 0.15) is 24.0 Å². The van der Waals surface area contributed by atoms with Crippen molar-refractivity contribution in [3.8, 4) is 23.3 Å². The van der Waals surface area contributed by atoms with Crippen LogP contribution in [-0.4, -0.2) is 12.7 Å². The molecule has 0 atom stereocenters. The highest BCUT2D eigenvalue weighted by molar-refractivity contribution is 9.11. The Balaban J connectivity index is 1.48. The Labute approximate surface area is 218 Å². The number of aryl methyl sites for hydroxylation is 1. The summed E-state index contributed by atoms with van der Waals surface area (Å²) in [6.45, 7) is 2.40. The molecule has 0 saturated heterocycles. The molecule has 0 radical (unpaired) electrons. The molecular weight excluding hydrogens is 588 g/mol. The van der Waals surface area contributed by atoms with Gasteiger partial charge in [-0.15, -0.1) is 0 Å². The topological polar surface area (TPSA) is 80.6 Å². The van der Waals surface area contributed by atoms with Crippen molar-refractivity contribution in [1.29, 1.82) is 5.26 Å². The van der Waals surface area contributed by atoms with Gasteiger partial charge in [0.2, 0.25) is 6.79 Å². The largest absolute Gasteiger partial charge is 0.487 e. The molecule has 3 aromatic carbocycles. The average Bonchev–Trinajstić information content (AvgIpc) is 3.27. The molecule has 0 aliphatic carbocycles. The van der Waals surface area contributed by atoms with E-state index in [2.05, 4.69) is 37.2 Å². The van der Waals surface area contributed by atoms with Crippen molar-refractivity contribution >= 4 is 61.1 Å². The van der Waals surface area contributed by atoms with Crippen molar-refractivity contribution in [2.45, 2.75) is 13.5 Å². The Bertz CT molecular complexity index is 1330. The first kappa shape index (κ1) is 24.1. The van der Waals surface area contributed by atoms with Crippen molar-refractivity contribution in [2.24, 2.45) is 0 Å². The molecule has 6 nitrogen and oxygen atoms in total. The number of carbonyl (C=O) groups excluding carboxylic acids is 1. The van der Waals surface area contributed by atoms with E-state index in [0.29, 0.717) is 49.1 Å². The van der Waals surface area contributed by atoms with Crippen molar-refractivity contribution in [3.05, 3.63) is 84.8 Å². The Kier molecular flexibility index (Phi) is 7.47. The lowest BCUT2D eigenvalue weighted by atomic mass is 10.1. The standard InChI is InChI=1S/C25H17Br2ClN2O4/c1-14-2-4-18(10-21(14)28)30-25(31)17(11-29)6-16-7-19(26)24(20(27)8-16)32-12-15-3-5-22-23(9-15)34-13-33-22/h2-10H,12-13H2,1H3,(H,30,31)/b17-6-. The third kappa shape index (κ3) is 5.55. The molecular formula is C25H17Br2ClN2O4. The molecule has 0 saturated carbocycles. The van der Waals surface area contributed by atoms with E-state index in [0.717, 1.165) is 11.1 Å². The van der Waals surface area contributed by atoms with Gasteiger partial charge in [0.05, 0.1) is 8.95 Å². The minimum atomic E-state index is -0.530. The first-order valence-electron chi connectivity index (χ1n) is 10.0. The molecule has 0 fully saturated rings. The summed E-state index contributed by atoms with van der Waals surface area (Å²) in [7, 11) is 0. The van der Waals surface area contributed by atoms with E-state index in [1.165, 1.54) is 6.08 Å². The summed E-state index contributed by atoms with van der Waals surface area (Å²) in [5.41, 5.74) is 2.92. The first-order valence-corrected chi connectivity index (χ1v) is 12.0. The van der Waals surface area contributed by atoms with Gasteiger partial charge >= 0.3 is 0 Å². The lowest BCUT2D eigenvalue weighted by Gasteiger charge is -2.12. The van der Waals surface area contributed by atoms with Crippen LogP contribution in [0.2, 0.25) is 5.02 Å². The van der Waals surface area contributed by atoms with Gasteiger partial charge < -0.3 is 19.5 Å². The third-order valence-corrected chi connectivity index (χ3v) is 6.53. The molecule has 0 spiro atoms. The fraction of sp³-hybridized carbons (Fsp3) is 0.120. The molecule has 9 heteroatoms. The van der Waals surface area contributed by atoms with Gasteiger partial charge in [-0.25, -0.2) is 0 Å². The Morgan fingerprint density at radius 1 is 1.15 bits per heavy atom. The van der Waals surface area contributed by atoms with Gasteiger partial charge in [0.15, 0.2) is 11.5 Å². The van der Waals surface area contributed by atoms with Crippen molar-refractivity contribution in [2.75, 3.05) is 12.1 Å². The minimum Gasteiger partial charge on any atom is -0.487 e. The number of nitriles is 1. The second-order valence-corrected chi connectivity index (χ2v) is 9.49. The molecule has 1 amide bonds. The summed E-state index contributed by atoms with van der Waals surface area (Å²) < 4.78 is 18.0. The van der Waals surface area contributed by atoms with Crippen molar-refractivity contribution in [1.82, 2.24) is 0 Å². The highest BCUT2D eigenvalue weighted by atomic mass is 79.9. The number of amides is 1. The maximum absolute atomic E-state index is 12.6. The van der Waals surface area contributed by atoms with Crippen molar-refractivity contribution < 1.29 is 19.0 Å². The second-order valence-electron chi connectivity index (χ2n) is 7.38. The first-order chi connectivity index (χ1) is 16.3. The Morgan fingerprint density at radius 3 is 2.59 bits per heavy atom. The molecule has 172 valence electrons. The van der Waals surface area contributed by atoms with Crippen LogP contribution in [0.3, 0.4) is 0 Å². The highest BCUT2D eigenvalue weighted by Crippen LogP contribution is 2.37. The SMILES string of the molecule is Cc1ccc(NC(=O)/C(C#N)=C\c2cc(Br)c(OCc3ccc4c(c3)OCO4)c(Br)c2)cc1Cl. The number of carbonyl (C=O) groups is 1. The molecule has 0 unspecified atom stereocenters. The third-order valence-electron chi connectivity index (χ3n) is 4.95. The Morgan fingerprint density at radius 2 is 1.88 bits per heavy atom. The van der Waals surface area contributed by atoms with E-state index in [9.17, 15) is 10.1 Å². The summed E-state index contributed by atoms with van der Waals surface area (Å²) in [5.74, 6) is 1.46. The van der Waals surface area contributed by atoms with Gasteiger partial charge in [-0.1, -0.05) is 23.7 Å². The van der Waals surface area contributed by atoms with Crippen LogP contribution in [0.5, 0.6) is 17.2 Å². The van der Waals surface area contributed by atoms with E-state index >= 15 is 0 Å². The predicted octanol–water partition coefficient (Wildman–Crippen LogP) is 7.03. The maximum Gasteiger partial charge on any atom is 0.266 e. The number of nitrogens with one attached hydrogen (secondary N) is 1. The summed E-state index contributed by atoms with van der Waals surface area (Å²) in [5, 5.41) is 12.8. The zero-order valence-electron chi connectivity index (χ0n) is 17.8. The number of anilines is 1. The van der Waals surface area contributed by atoms with Crippen LogP contribution in [0.15, 0.2) is 63.0 Å². The molecule has 1 heterocycles.